The number of ether oxygens (including phenoxy) is 1. The number of para-hydroxylation sites is 1. The summed E-state index contributed by atoms with van der Waals surface area (Å²) < 4.78 is 6.05. The molecule has 0 radical (unpaired) electrons. The van der Waals surface area contributed by atoms with Crippen molar-refractivity contribution in [2.24, 2.45) is 5.92 Å². The summed E-state index contributed by atoms with van der Waals surface area (Å²) in [6.07, 6.45) is 2.89. The lowest BCUT2D eigenvalue weighted by Crippen LogP contribution is -2.32. The molecule has 6 heteroatoms. The fourth-order valence-electron chi connectivity index (χ4n) is 4.93. The van der Waals surface area contributed by atoms with Crippen LogP contribution in [0.15, 0.2) is 109 Å². The third-order valence-electron chi connectivity index (χ3n) is 7.34. The predicted molar refractivity (Wildman–Crippen MR) is 161 cm³/mol. The van der Waals surface area contributed by atoms with Gasteiger partial charge in [-0.15, -0.1) is 0 Å². The molecule has 0 heterocycles. The molecule has 1 aliphatic rings. The van der Waals surface area contributed by atoms with E-state index >= 15 is 0 Å². The quantitative estimate of drug-likeness (QED) is 0.169. The molecule has 0 aromatic heterocycles. The number of benzene rings is 4. The molecule has 5 rings (SSSR count). The van der Waals surface area contributed by atoms with E-state index < -0.39 is 12.0 Å². The third kappa shape index (κ3) is 8.29. The fraction of sp³-hybridized carbons (Fsp3) is 0.257. The zero-order valence-corrected chi connectivity index (χ0v) is 23.1. The van der Waals surface area contributed by atoms with Crippen LogP contribution in [0, 0.1) is 5.92 Å². The zero-order valence-electron chi connectivity index (χ0n) is 23.1. The first-order valence-electron chi connectivity index (χ1n) is 14.2. The number of carbonyl (C=O) groups is 2. The van der Waals surface area contributed by atoms with Crippen molar-refractivity contribution in [3.05, 3.63) is 131 Å². The summed E-state index contributed by atoms with van der Waals surface area (Å²) in [5.41, 5.74) is 3.67. The van der Waals surface area contributed by atoms with Gasteiger partial charge in [-0.05, 0) is 54.2 Å². The maximum absolute atomic E-state index is 13.1. The lowest BCUT2D eigenvalue weighted by atomic mass is 10.00. The molecule has 1 fully saturated rings. The topological polar surface area (TPSA) is 78.9 Å². The highest BCUT2D eigenvalue weighted by atomic mass is 16.5. The lowest BCUT2D eigenvalue weighted by Gasteiger charge is -2.22. The van der Waals surface area contributed by atoms with Gasteiger partial charge in [-0.3, -0.25) is 9.69 Å². The van der Waals surface area contributed by atoms with Crippen LogP contribution in [0.1, 0.15) is 39.9 Å². The molecular formula is C35H36N2O4. The minimum absolute atomic E-state index is 0.154. The first-order chi connectivity index (χ1) is 20.0. The number of hydrogen-bond donors (Lipinski definition) is 2. The molecular weight excluding hydrogens is 512 g/mol. The highest BCUT2D eigenvalue weighted by molar-refractivity contribution is 6.12. The number of carbonyl (C=O) groups excluding carboxylic acids is 1. The highest BCUT2D eigenvalue weighted by Crippen LogP contribution is 2.30. The summed E-state index contributed by atoms with van der Waals surface area (Å²) in [6, 6.07) is 33.2. The van der Waals surface area contributed by atoms with Gasteiger partial charge in [0.15, 0.2) is 5.78 Å². The number of carboxylic acids is 1. The largest absolute Gasteiger partial charge is 0.492 e. The second-order valence-electron chi connectivity index (χ2n) is 10.6. The van der Waals surface area contributed by atoms with Gasteiger partial charge in [0.25, 0.3) is 0 Å². The van der Waals surface area contributed by atoms with Crippen LogP contribution in [-0.4, -0.2) is 47.5 Å². The third-order valence-corrected chi connectivity index (χ3v) is 7.34. The molecule has 41 heavy (non-hydrogen) atoms. The average Bonchev–Trinajstić information content (AvgIpc) is 3.82. The van der Waals surface area contributed by atoms with Gasteiger partial charge in [0.05, 0.1) is 0 Å². The van der Waals surface area contributed by atoms with Gasteiger partial charge in [0.1, 0.15) is 18.4 Å². The van der Waals surface area contributed by atoms with Crippen molar-refractivity contribution in [2.75, 3.05) is 25.0 Å². The summed E-state index contributed by atoms with van der Waals surface area (Å²) in [7, 11) is 0. The van der Waals surface area contributed by atoms with Crippen LogP contribution in [0.2, 0.25) is 0 Å². The maximum atomic E-state index is 13.1. The van der Waals surface area contributed by atoms with Crippen molar-refractivity contribution in [3.63, 3.8) is 0 Å². The highest BCUT2D eigenvalue weighted by Gasteiger charge is 2.24. The Kier molecular flexibility index (Phi) is 9.45. The Hall–Kier alpha value is -4.42. The molecule has 1 aliphatic carbocycles. The van der Waals surface area contributed by atoms with Crippen LogP contribution >= 0.6 is 0 Å². The SMILES string of the molecule is O=C(c1ccccc1)c1ccccc1N[C@@H](Cc1ccc(OCCN(Cc2ccccc2)CC2CC2)cc1)C(=O)O. The summed E-state index contributed by atoms with van der Waals surface area (Å²) in [6.45, 7) is 3.45. The van der Waals surface area contributed by atoms with E-state index in [2.05, 4.69) is 34.5 Å². The molecule has 2 N–H and O–H groups in total. The van der Waals surface area contributed by atoms with Crippen LogP contribution in [0.3, 0.4) is 0 Å². The van der Waals surface area contributed by atoms with Gasteiger partial charge < -0.3 is 15.2 Å². The normalized spacial score (nSPS) is 13.5. The molecule has 0 unspecified atom stereocenters. The smallest absolute Gasteiger partial charge is 0.326 e. The molecule has 0 saturated heterocycles. The Labute approximate surface area is 241 Å². The molecule has 4 aromatic carbocycles. The second-order valence-corrected chi connectivity index (χ2v) is 10.6. The Morgan fingerprint density at radius 1 is 0.829 bits per heavy atom. The van der Waals surface area contributed by atoms with E-state index in [1.165, 1.54) is 18.4 Å². The van der Waals surface area contributed by atoms with Crippen molar-refractivity contribution in [1.29, 1.82) is 0 Å². The van der Waals surface area contributed by atoms with E-state index in [0.717, 1.165) is 36.9 Å². The van der Waals surface area contributed by atoms with Crippen LogP contribution in [0.25, 0.3) is 0 Å². The standard InChI is InChI=1S/C35H36N2O4/c38-34(29-11-5-2-6-12-29)31-13-7-8-14-32(31)36-33(35(39)40)23-26-17-19-30(20-18-26)41-22-21-37(25-28-15-16-28)24-27-9-3-1-4-10-27/h1-14,17-20,28,33,36H,15-16,21-25H2,(H,39,40)/t33-/m0/s1. The summed E-state index contributed by atoms with van der Waals surface area (Å²) in [5, 5.41) is 13.1. The Balaban J connectivity index is 1.17. The van der Waals surface area contributed by atoms with Crippen LogP contribution < -0.4 is 10.1 Å². The molecule has 1 saturated carbocycles. The number of aliphatic carboxylic acids is 1. The number of ketones is 1. The van der Waals surface area contributed by atoms with Crippen molar-refractivity contribution >= 4 is 17.4 Å². The first-order valence-corrected chi connectivity index (χ1v) is 14.2. The molecule has 0 bridgehead atoms. The van der Waals surface area contributed by atoms with E-state index in [9.17, 15) is 14.7 Å². The molecule has 0 spiro atoms. The summed E-state index contributed by atoms with van der Waals surface area (Å²) >= 11 is 0. The van der Waals surface area contributed by atoms with Crippen molar-refractivity contribution in [1.82, 2.24) is 4.90 Å². The maximum Gasteiger partial charge on any atom is 0.326 e. The van der Waals surface area contributed by atoms with Crippen molar-refractivity contribution < 1.29 is 19.4 Å². The van der Waals surface area contributed by atoms with Gasteiger partial charge in [0.2, 0.25) is 0 Å². The Bertz CT molecular complexity index is 1420. The Morgan fingerprint density at radius 3 is 2.17 bits per heavy atom. The van der Waals surface area contributed by atoms with Crippen molar-refractivity contribution in [3.8, 4) is 5.75 Å². The number of nitrogens with one attached hydrogen (secondary N) is 1. The van der Waals surface area contributed by atoms with E-state index in [1.54, 1.807) is 36.4 Å². The van der Waals surface area contributed by atoms with E-state index in [1.807, 2.05) is 48.5 Å². The van der Waals surface area contributed by atoms with Gasteiger partial charge in [-0.1, -0.05) is 84.9 Å². The first kappa shape index (κ1) is 28.1. The molecule has 210 valence electrons. The van der Waals surface area contributed by atoms with E-state index in [0.29, 0.717) is 23.4 Å². The van der Waals surface area contributed by atoms with Gasteiger partial charge >= 0.3 is 5.97 Å². The minimum Gasteiger partial charge on any atom is -0.492 e. The molecule has 6 nitrogen and oxygen atoms in total. The minimum atomic E-state index is -0.985. The van der Waals surface area contributed by atoms with Crippen LogP contribution in [-0.2, 0) is 17.8 Å². The Morgan fingerprint density at radius 2 is 1.49 bits per heavy atom. The zero-order chi connectivity index (χ0) is 28.4. The number of rotatable bonds is 15. The number of carboxylic acid groups (broad SMARTS) is 1. The summed E-state index contributed by atoms with van der Waals surface area (Å²) in [4.78, 5) is 27.7. The van der Waals surface area contributed by atoms with Crippen LogP contribution in [0.4, 0.5) is 5.69 Å². The molecule has 1 atom stereocenters. The number of hydrogen-bond acceptors (Lipinski definition) is 5. The monoisotopic (exact) mass is 548 g/mol. The van der Waals surface area contributed by atoms with Gasteiger partial charge in [-0.25, -0.2) is 4.79 Å². The fourth-order valence-corrected chi connectivity index (χ4v) is 4.93. The molecule has 0 aliphatic heterocycles. The van der Waals surface area contributed by atoms with Crippen molar-refractivity contribution in [2.45, 2.75) is 31.8 Å². The number of anilines is 1. The summed E-state index contributed by atoms with van der Waals surface area (Å²) in [5.74, 6) is 0.427. The number of nitrogens with zero attached hydrogens (tertiary/aromatic N) is 1. The molecule has 0 amide bonds. The average molecular weight is 549 g/mol. The predicted octanol–water partition coefficient (Wildman–Crippen LogP) is 6.32. The molecule has 4 aromatic rings. The lowest BCUT2D eigenvalue weighted by molar-refractivity contribution is -0.137. The van der Waals surface area contributed by atoms with Gasteiger partial charge in [-0.2, -0.15) is 0 Å². The van der Waals surface area contributed by atoms with E-state index in [-0.39, 0.29) is 12.2 Å². The van der Waals surface area contributed by atoms with Gasteiger partial charge in [0, 0.05) is 42.9 Å². The van der Waals surface area contributed by atoms with Crippen LogP contribution in [0.5, 0.6) is 5.75 Å². The second kappa shape index (κ2) is 13.8. The van der Waals surface area contributed by atoms with E-state index in [4.69, 9.17) is 4.74 Å².